The maximum Gasteiger partial charge on any atom is 0.326 e. The number of H-pyrrole nitrogens is 2. The molecule has 6 N–H and O–H groups in total. The number of aliphatic carboxylic acids is 1. The highest BCUT2D eigenvalue weighted by Gasteiger charge is 2.21. The summed E-state index contributed by atoms with van der Waals surface area (Å²) in [5.41, 5.74) is 9.83. The molecule has 0 spiro atoms. The van der Waals surface area contributed by atoms with Crippen molar-refractivity contribution in [2.45, 2.75) is 32.2 Å². The minimum Gasteiger partial charge on any atom is -0.480 e. The molecule has 0 saturated carbocycles. The van der Waals surface area contributed by atoms with Crippen LogP contribution in [0.15, 0.2) is 59.5 Å². The monoisotopic (exact) mass is 459 g/mol. The van der Waals surface area contributed by atoms with Gasteiger partial charge in [0.05, 0.1) is 5.39 Å². The van der Waals surface area contributed by atoms with Gasteiger partial charge in [0, 0.05) is 18.2 Å². The van der Waals surface area contributed by atoms with Crippen LogP contribution in [-0.2, 0) is 24.1 Å². The number of nitrogens with zero attached hydrogens (tertiary/aromatic N) is 1. The molecule has 0 bridgehead atoms. The molecule has 1 atom stereocenters. The number of aryl methyl sites for hydroxylation is 3. The number of carboxylic acid groups (broad SMARTS) is 1. The number of aromatic amines is 2. The van der Waals surface area contributed by atoms with Gasteiger partial charge in [0.1, 0.15) is 11.7 Å². The van der Waals surface area contributed by atoms with Gasteiger partial charge in [-0.25, -0.2) is 4.79 Å². The number of benzene rings is 2. The van der Waals surface area contributed by atoms with E-state index < -0.39 is 17.9 Å². The van der Waals surface area contributed by atoms with Crippen molar-refractivity contribution < 1.29 is 14.7 Å². The van der Waals surface area contributed by atoms with Gasteiger partial charge in [-0.1, -0.05) is 42.0 Å². The Bertz CT molecular complexity index is 1390. The SMILES string of the molecule is Cc1ccc(CC(NC(=O)c2ccc(CCc3c[nH]c4nc(N)[nH]c(=O)c34)cc2)C(=O)O)cc1. The molecule has 0 fully saturated rings. The summed E-state index contributed by atoms with van der Waals surface area (Å²) in [6.45, 7) is 1.96. The molecule has 0 aliphatic heterocycles. The number of hydrogen-bond acceptors (Lipinski definition) is 5. The number of nitrogen functional groups attached to an aromatic ring is 1. The van der Waals surface area contributed by atoms with Crippen molar-refractivity contribution in [1.29, 1.82) is 0 Å². The fourth-order valence-electron chi connectivity index (χ4n) is 3.82. The van der Waals surface area contributed by atoms with Gasteiger partial charge >= 0.3 is 5.97 Å². The molecular formula is C25H25N5O4. The van der Waals surface area contributed by atoms with E-state index in [2.05, 4.69) is 20.3 Å². The van der Waals surface area contributed by atoms with Crippen LogP contribution in [0.25, 0.3) is 11.0 Å². The lowest BCUT2D eigenvalue weighted by atomic mass is 10.0. The summed E-state index contributed by atoms with van der Waals surface area (Å²) in [6, 6.07) is 13.5. The summed E-state index contributed by atoms with van der Waals surface area (Å²) in [7, 11) is 0. The van der Waals surface area contributed by atoms with Gasteiger partial charge in [0.2, 0.25) is 5.95 Å². The Balaban J connectivity index is 1.39. The summed E-state index contributed by atoms with van der Waals surface area (Å²) in [6.07, 6.45) is 3.18. The molecule has 174 valence electrons. The molecule has 1 unspecified atom stereocenters. The smallest absolute Gasteiger partial charge is 0.326 e. The second-order valence-electron chi connectivity index (χ2n) is 8.24. The van der Waals surface area contributed by atoms with Crippen molar-refractivity contribution in [3.63, 3.8) is 0 Å². The minimum absolute atomic E-state index is 0.0590. The van der Waals surface area contributed by atoms with Gasteiger partial charge in [0.25, 0.3) is 11.5 Å². The molecule has 4 aromatic rings. The molecule has 4 rings (SSSR count). The topological polar surface area (TPSA) is 154 Å². The van der Waals surface area contributed by atoms with Crippen LogP contribution in [0.4, 0.5) is 5.95 Å². The zero-order valence-electron chi connectivity index (χ0n) is 18.6. The molecular weight excluding hydrogens is 434 g/mol. The second-order valence-corrected chi connectivity index (χ2v) is 8.24. The van der Waals surface area contributed by atoms with Crippen molar-refractivity contribution in [1.82, 2.24) is 20.3 Å². The Labute approximate surface area is 195 Å². The first kappa shape index (κ1) is 22.8. The number of carbonyl (C=O) groups excluding carboxylic acids is 1. The van der Waals surface area contributed by atoms with Crippen molar-refractivity contribution >= 4 is 28.9 Å². The third-order valence-corrected chi connectivity index (χ3v) is 5.70. The van der Waals surface area contributed by atoms with Gasteiger partial charge in [-0.15, -0.1) is 0 Å². The maximum atomic E-state index is 12.6. The lowest BCUT2D eigenvalue weighted by molar-refractivity contribution is -0.139. The summed E-state index contributed by atoms with van der Waals surface area (Å²) in [5, 5.41) is 12.6. The number of carbonyl (C=O) groups is 2. The highest BCUT2D eigenvalue weighted by molar-refractivity contribution is 5.96. The van der Waals surface area contributed by atoms with Crippen molar-refractivity contribution in [2.75, 3.05) is 5.73 Å². The molecule has 34 heavy (non-hydrogen) atoms. The summed E-state index contributed by atoms with van der Waals surface area (Å²) >= 11 is 0. The van der Waals surface area contributed by atoms with Crippen molar-refractivity contribution in [2.24, 2.45) is 0 Å². The highest BCUT2D eigenvalue weighted by atomic mass is 16.4. The third-order valence-electron chi connectivity index (χ3n) is 5.70. The number of fused-ring (bicyclic) bond motifs is 1. The number of amides is 1. The van der Waals surface area contributed by atoms with E-state index in [-0.39, 0.29) is 17.9 Å². The lowest BCUT2D eigenvalue weighted by Gasteiger charge is -2.15. The average Bonchev–Trinajstić information content (AvgIpc) is 3.22. The van der Waals surface area contributed by atoms with Gasteiger partial charge in [-0.05, 0) is 48.6 Å². The van der Waals surface area contributed by atoms with Crippen LogP contribution in [0.2, 0.25) is 0 Å². The van der Waals surface area contributed by atoms with Gasteiger partial charge in [-0.2, -0.15) is 4.98 Å². The Morgan fingerprint density at radius 3 is 2.41 bits per heavy atom. The number of nitrogens with two attached hydrogens (primary N) is 1. The average molecular weight is 460 g/mol. The summed E-state index contributed by atoms with van der Waals surface area (Å²) < 4.78 is 0. The van der Waals surface area contributed by atoms with Crippen LogP contribution in [-0.4, -0.2) is 38.0 Å². The van der Waals surface area contributed by atoms with Gasteiger partial charge in [0.15, 0.2) is 0 Å². The lowest BCUT2D eigenvalue weighted by Crippen LogP contribution is -2.42. The first-order valence-electron chi connectivity index (χ1n) is 10.8. The molecule has 0 aliphatic rings. The molecule has 0 saturated heterocycles. The summed E-state index contributed by atoms with van der Waals surface area (Å²) in [5.74, 6) is -1.47. The Morgan fingerprint density at radius 1 is 1.06 bits per heavy atom. The van der Waals surface area contributed by atoms with E-state index >= 15 is 0 Å². The predicted molar refractivity (Wildman–Crippen MR) is 129 cm³/mol. The minimum atomic E-state index is -1.09. The maximum absolute atomic E-state index is 12.6. The molecule has 2 aromatic heterocycles. The van der Waals surface area contributed by atoms with Crippen LogP contribution in [0.3, 0.4) is 0 Å². The third kappa shape index (κ3) is 5.15. The van der Waals surface area contributed by atoms with E-state index in [1.54, 1.807) is 18.3 Å². The largest absolute Gasteiger partial charge is 0.480 e. The highest BCUT2D eigenvalue weighted by Crippen LogP contribution is 2.16. The van der Waals surface area contributed by atoms with E-state index in [1.165, 1.54) is 0 Å². The first-order chi connectivity index (χ1) is 16.3. The van der Waals surface area contributed by atoms with Crippen molar-refractivity contribution in [3.8, 4) is 0 Å². The Morgan fingerprint density at radius 2 is 1.74 bits per heavy atom. The van der Waals surface area contributed by atoms with E-state index in [9.17, 15) is 19.5 Å². The molecule has 1 amide bonds. The molecule has 2 aromatic carbocycles. The van der Waals surface area contributed by atoms with E-state index in [4.69, 9.17) is 5.73 Å². The van der Waals surface area contributed by atoms with Crippen LogP contribution < -0.4 is 16.6 Å². The fraction of sp³-hybridized carbons (Fsp3) is 0.200. The zero-order valence-corrected chi connectivity index (χ0v) is 18.6. The van der Waals surface area contributed by atoms with E-state index in [1.807, 2.05) is 43.3 Å². The fourth-order valence-corrected chi connectivity index (χ4v) is 3.82. The van der Waals surface area contributed by atoms with Crippen LogP contribution in [0.5, 0.6) is 0 Å². The second kappa shape index (κ2) is 9.62. The first-order valence-corrected chi connectivity index (χ1v) is 10.8. The van der Waals surface area contributed by atoms with Gasteiger partial charge < -0.3 is 21.1 Å². The molecule has 0 radical (unpaired) electrons. The number of carboxylic acids is 1. The van der Waals surface area contributed by atoms with Crippen LogP contribution >= 0.6 is 0 Å². The van der Waals surface area contributed by atoms with E-state index in [0.29, 0.717) is 29.4 Å². The number of rotatable bonds is 8. The number of nitrogens with one attached hydrogen (secondary N) is 3. The molecule has 9 heteroatoms. The Hall–Kier alpha value is -4.40. The van der Waals surface area contributed by atoms with Crippen LogP contribution in [0.1, 0.15) is 32.6 Å². The molecule has 9 nitrogen and oxygen atoms in total. The Kier molecular flexibility index (Phi) is 6.44. The molecule has 2 heterocycles. The zero-order chi connectivity index (χ0) is 24.2. The predicted octanol–water partition coefficient (Wildman–Crippen LogP) is 2.35. The number of aromatic nitrogens is 3. The van der Waals surface area contributed by atoms with E-state index in [0.717, 1.165) is 22.3 Å². The quantitative estimate of drug-likeness (QED) is 0.272. The number of anilines is 1. The molecule has 0 aliphatic carbocycles. The number of hydrogen-bond donors (Lipinski definition) is 5. The standard InChI is InChI=1S/C25H25N5O4/c1-14-2-4-16(5-3-14)12-19(24(33)34)28-22(31)17-9-6-15(7-10-17)8-11-18-13-27-21-20(18)23(32)30-25(26)29-21/h2-7,9-10,13,19H,8,11-12H2,1H3,(H,28,31)(H,33,34)(H4,26,27,29,30,32). The summed E-state index contributed by atoms with van der Waals surface area (Å²) in [4.78, 5) is 46.1. The normalized spacial score (nSPS) is 11.9. The van der Waals surface area contributed by atoms with Crippen molar-refractivity contribution in [3.05, 3.63) is 92.9 Å². The van der Waals surface area contributed by atoms with Gasteiger partial charge in [-0.3, -0.25) is 14.6 Å². The van der Waals surface area contributed by atoms with Crippen LogP contribution in [0, 0.1) is 6.92 Å².